The number of benzene rings is 1. The first kappa shape index (κ1) is 23.9. The number of rotatable bonds is 8. The van der Waals surface area contributed by atoms with Crippen molar-refractivity contribution in [2.45, 2.75) is 82.7 Å². The van der Waals surface area contributed by atoms with Crippen molar-refractivity contribution in [2.75, 3.05) is 19.6 Å². The second-order valence-corrected chi connectivity index (χ2v) is 10.1. The van der Waals surface area contributed by atoms with Crippen LogP contribution in [0.25, 0.3) is 0 Å². The molecular weight excluding hydrogens is 414 g/mol. The number of aliphatic carboxylic acids is 1. The Morgan fingerprint density at radius 2 is 1.67 bits per heavy atom. The van der Waals surface area contributed by atoms with Crippen LogP contribution in [0.15, 0.2) is 35.3 Å². The Balaban J connectivity index is 1.46. The van der Waals surface area contributed by atoms with Gasteiger partial charge in [0.15, 0.2) is 0 Å². The average Bonchev–Trinajstić information content (AvgIpc) is 3.29. The lowest BCUT2D eigenvalue weighted by Gasteiger charge is -2.36. The zero-order valence-corrected chi connectivity index (χ0v) is 19.8. The molecular formula is C27H39N3O3. The van der Waals surface area contributed by atoms with Gasteiger partial charge in [-0.25, -0.2) is 0 Å². The number of likely N-dealkylation sites (tertiary alicyclic amines) is 1. The maximum atomic E-state index is 13.4. The Labute approximate surface area is 197 Å². The summed E-state index contributed by atoms with van der Waals surface area (Å²) >= 11 is 0. The van der Waals surface area contributed by atoms with Crippen molar-refractivity contribution in [3.63, 3.8) is 0 Å². The molecule has 3 unspecified atom stereocenters. The quantitative estimate of drug-likeness (QED) is 0.576. The van der Waals surface area contributed by atoms with E-state index in [1.165, 1.54) is 32.1 Å². The van der Waals surface area contributed by atoms with Crippen LogP contribution in [0, 0.1) is 11.8 Å². The zero-order valence-electron chi connectivity index (χ0n) is 19.8. The molecule has 6 heteroatoms. The van der Waals surface area contributed by atoms with Gasteiger partial charge in [-0.05, 0) is 56.6 Å². The molecule has 33 heavy (non-hydrogen) atoms. The van der Waals surface area contributed by atoms with Crippen molar-refractivity contribution in [3.8, 4) is 0 Å². The first-order chi connectivity index (χ1) is 16.1. The van der Waals surface area contributed by atoms with E-state index in [0.29, 0.717) is 0 Å². The van der Waals surface area contributed by atoms with E-state index in [4.69, 9.17) is 0 Å². The molecule has 6 nitrogen and oxygen atoms in total. The molecule has 0 aromatic heterocycles. The number of carboxylic acid groups (broad SMARTS) is 1. The summed E-state index contributed by atoms with van der Waals surface area (Å²) in [4.78, 5) is 31.7. The second-order valence-electron chi connectivity index (χ2n) is 10.1. The van der Waals surface area contributed by atoms with Gasteiger partial charge in [-0.2, -0.15) is 0 Å². The van der Waals surface area contributed by atoms with E-state index in [1.807, 2.05) is 30.3 Å². The highest BCUT2D eigenvalue weighted by atomic mass is 16.4. The minimum Gasteiger partial charge on any atom is -0.480 e. The minimum atomic E-state index is -0.927. The van der Waals surface area contributed by atoms with E-state index in [9.17, 15) is 14.7 Å². The van der Waals surface area contributed by atoms with Crippen LogP contribution < -0.4 is 5.32 Å². The molecule has 1 aromatic rings. The van der Waals surface area contributed by atoms with Crippen LogP contribution in [0.2, 0.25) is 0 Å². The molecule has 1 aromatic carbocycles. The topological polar surface area (TPSA) is 82.0 Å². The summed E-state index contributed by atoms with van der Waals surface area (Å²) in [5, 5.41) is 12.7. The Bertz CT molecular complexity index is 819. The van der Waals surface area contributed by atoms with Gasteiger partial charge in [0, 0.05) is 24.2 Å². The van der Waals surface area contributed by atoms with Crippen molar-refractivity contribution >= 4 is 17.6 Å². The predicted octanol–water partition coefficient (Wildman–Crippen LogP) is 4.28. The van der Waals surface area contributed by atoms with Crippen LogP contribution >= 0.6 is 0 Å². The van der Waals surface area contributed by atoms with E-state index < -0.39 is 5.97 Å². The second kappa shape index (κ2) is 11.8. The van der Waals surface area contributed by atoms with E-state index in [2.05, 4.69) is 15.2 Å². The summed E-state index contributed by atoms with van der Waals surface area (Å²) < 4.78 is 0. The van der Waals surface area contributed by atoms with Crippen LogP contribution in [0.4, 0.5) is 0 Å². The molecule has 0 bridgehead atoms. The van der Waals surface area contributed by atoms with Gasteiger partial charge in [0.25, 0.3) is 0 Å². The van der Waals surface area contributed by atoms with Gasteiger partial charge in [-0.3, -0.25) is 19.5 Å². The summed E-state index contributed by atoms with van der Waals surface area (Å²) in [6.07, 6.45) is 12.7. The number of nitrogens with one attached hydrogen (secondary N) is 1. The van der Waals surface area contributed by atoms with Crippen molar-refractivity contribution in [2.24, 2.45) is 16.8 Å². The fourth-order valence-electron chi connectivity index (χ4n) is 6.14. The fourth-order valence-corrected chi connectivity index (χ4v) is 6.14. The Kier molecular flexibility index (Phi) is 8.54. The number of hydrogen-bond donors (Lipinski definition) is 2. The Morgan fingerprint density at radius 1 is 0.939 bits per heavy atom. The smallest absolute Gasteiger partial charge is 0.325 e. The van der Waals surface area contributed by atoms with Crippen molar-refractivity contribution in [1.82, 2.24) is 10.2 Å². The lowest BCUT2D eigenvalue weighted by molar-refractivity contribution is -0.135. The van der Waals surface area contributed by atoms with E-state index in [1.54, 1.807) is 0 Å². The number of carboxylic acids is 1. The van der Waals surface area contributed by atoms with E-state index >= 15 is 0 Å². The standard InChI is InChI=1S/C27H39N3O3/c31-25(32)18-28-26(21-12-5-2-6-13-21)22-14-7-8-15-23(22)29-27(33)24-16-9-17-30(24)19-20-10-3-1-4-11-20/h2,5-6,12-13,20,22-24H,1,3-4,7-11,14-19H2,(H,29,33)(H,31,32). The highest BCUT2D eigenvalue weighted by Crippen LogP contribution is 2.30. The van der Waals surface area contributed by atoms with Crippen LogP contribution in [0.5, 0.6) is 0 Å². The Morgan fingerprint density at radius 3 is 2.42 bits per heavy atom. The summed E-state index contributed by atoms with van der Waals surface area (Å²) in [5.74, 6) is 0.0232. The number of amides is 1. The first-order valence-electron chi connectivity index (χ1n) is 13.0. The zero-order chi connectivity index (χ0) is 23.0. The molecule has 2 saturated carbocycles. The molecule has 1 saturated heterocycles. The van der Waals surface area contributed by atoms with Gasteiger partial charge in [0.2, 0.25) is 5.91 Å². The summed E-state index contributed by atoms with van der Waals surface area (Å²) in [5.41, 5.74) is 1.79. The van der Waals surface area contributed by atoms with E-state index in [0.717, 1.165) is 68.8 Å². The fraction of sp³-hybridized carbons (Fsp3) is 0.667. The molecule has 3 fully saturated rings. The number of carbonyl (C=O) groups excluding carboxylic acids is 1. The normalized spacial score (nSPS) is 27.4. The molecule has 4 rings (SSSR count). The lowest BCUT2D eigenvalue weighted by Crippen LogP contribution is -2.52. The minimum absolute atomic E-state index is 0.0103. The van der Waals surface area contributed by atoms with Gasteiger partial charge >= 0.3 is 5.97 Å². The Hall–Kier alpha value is -2.21. The largest absolute Gasteiger partial charge is 0.480 e. The van der Waals surface area contributed by atoms with Gasteiger partial charge in [0.05, 0.1) is 6.04 Å². The van der Waals surface area contributed by atoms with Crippen molar-refractivity contribution < 1.29 is 14.7 Å². The molecule has 180 valence electrons. The van der Waals surface area contributed by atoms with Crippen LogP contribution in [0.3, 0.4) is 0 Å². The van der Waals surface area contributed by atoms with Gasteiger partial charge in [-0.1, -0.05) is 62.4 Å². The SMILES string of the molecule is O=C(O)CN=C(c1ccccc1)C1CCCCC1NC(=O)C1CCCN1CC1CCCCC1. The number of nitrogens with zero attached hydrogens (tertiary/aromatic N) is 2. The highest BCUT2D eigenvalue weighted by molar-refractivity contribution is 6.03. The third kappa shape index (κ3) is 6.44. The highest BCUT2D eigenvalue weighted by Gasteiger charge is 2.36. The number of hydrogen-bond acceptors (Lipinski definition) is 4. The summed E-state index contributed by atoms with van der Waals surface area (Å²) in [6.45, 7) is 1.85. The summed E-state index contributed by atoms with van der Waals surface area (Å²) in [7, 11) is 0. The third-order valence-corrected chi connectivity index (χ3v) is 7.78. The van der Waals surface area contributed by atoms with Crippen molar-refractivity contribution in [1.29, 1.82) is 0 Å². The molecule has 1 heterocycles. The van der Waals surface area contributed by atoms with Crippen LogP contribution in [0.1, 0.15) is 76.2 Å². The van der Waals surface area contributed by atoms with Crippen LogP contribution in [-0.2, 0) is 9.59 Å². The van der Waals surface area contributed by atoms with Gasteiger partial charge in [0.1, 0.15) is 6.54 Å². The van der Waals surface area contributed by atoms with Gasteiger partial charge in [-0.15, -0.1) is 0 Å². The maximum absolute atomic E-state index is 13.4. The number of carbonyl (C=O) groups is 2. The molecule has 3 aliphatic rings. The van der Waals surface area contributed by atoms with E-state index in [-0.39, 0.29) is 30.5 Å². The third-order valence-electron chi connectivity index (χ3n) is 7.78. The van der Waals surface area contributed by atoms with Gasteiger partial charge < -0.3 is 10.4 Å². The predicted molar refractivity (Wildman–Crippen MR) is 131 cm³/mol. The average molecular weight is 454 g/mol. The van der Waals surface area contributed by atoms with Crippen LogP contribution in [-0.4, -0.2) is 59.3 Å². The molecule has 0 spiro atoms. The maximum Gasteiger partial charge on any atom is 0.325 e. The molecule has 3 atom stereocenters. The van der Waals surface area contributed by atoms with Crippen molar-refractivity contribution in [3.05, 3.63) is 35.9 Å². The number of aliphatic imine (C=N–C) groups is 1. The molecule has 2 N–H and O–H groups in total. The molecule has 1 amide bonds. The molecule has 0 radical (unpaired) electrons. The molecule has 2 aliphatic carbocycles. The monoisotopic (exact) mass is 453 g/mol. The molecule has 1 aliphatic heterocycles. The first-order valence-corrected chi connectivity index (χ1v) is 13.0. The lowest BCUT2D eigenvalue weighted by atomic mass is 9.79. The summed E-state index contributed by atoms with van der Waals surface area (Å²) in [6, 6.07) is 9.86.